The Morgan fingerprint density at radius 1 is 1.38 bits per heavy atom. The molecule has 10 heteroatoms. The van der Waals surface area contributed by atoms with Crippen LogP contribution in [-0.2, 0) is 11.0 Å². The molecule has 24 heavy (non-hydrogen) atoms. The maximum Gasteiger partial charge on any atom is 0.418 e. The highest BCUT2D eigenvalue weighted by Crippen LogP contribution is 2.34. The average Bonchev–Trinajstić information content (AvgIpc) is 2.45. The van der Waals surface area contributed by atoms with Gasteiger partial charge in [-0.2, -0.15) is 13.2 Å². The molecule has 2 rings (SSSR count). The first kappa shape index (κ1) is 17.9. The van der Waals surface area contributed by atoms with Crippen LogP contribution in [0.15, 0.2) is 40.3 Å². The van der Waals surface area contributed by atoms with Crippen molar-refractivity contribution in [3.63, 3.8) is 0 Å². The summed E-state index contributed by atoms with van der Waals surface area (Å²) >= 11 is 0.873. The first-order valence-electron chi connectivity index (χ1n) is 6.67. The number of aromatic amines is 1. The number of hydrogen-bond donors (Lipinski definition) is 3. The highest BCUT2D eigenvalue weighted by atomic mass is 32.2. The number of benzene rings is 1. The number of nitrogens with zero attached hydrogens (tertiary/aromatic N) is 1. The van der Waals surface area contributed by atoms with Crippen LogP contribution in [0.3, 0.4) is 0 Å². The number of nitrogens with one attached hydrogen (secondary N) is 2. The lowest BCUT2D eigenvalue weighted by molar-refractivity contribution is -0.137. The molecule has 4 N–H and O–H groups in total. The predicted molar refractivity (Wildman–Crippen MR) is 84.7 cm³/mol. The Hall–Kier alpha value is -2.49. The van der Waals surface area contributed by atoms with Crippen molar-refractivity contribution in [2.75, 3.05) is 11.1 Å². The third-order valence-corrected chi connectivity index (χ3v) is 3.87. The summed E-state index contributed by atoms with van der Waals surface area (Å²) < 4.78 is 38.7. The van der Waals surface area contributed by atoms with E-state index < -0.39 is 28.5 Å². The Labute approximate surface area is 138 Å². The van der Waals surface area contributed by atoms with Crippen molar-refractivity contribution in [3.8, 4) is 0 Å². The van der Waals surface area contributed by atoms with E-state index in [9.17, 15) is 22.8 Å². The number of thioether (sulfide) groups is 1. The molecule has 0 unspecified atom stereocenters. The minimum atomic E-state index is -4.58. The summed E-state index contributed by atoms with van der Waals surface area (Å²) in [6.07, 6.45) is -4.58. The molecule has 0 radical (unpaired) electrons. The highest BCUT2D eigenvalue weighted by Gasteiger charge is 2.33. The van der Waals surface area contributed by atoms with Gasteiger partial charge in [0.1, 0.15) is 5.82 Å². The molecule has 0 saturated heterocycles. The summed E-state index contributed by atoms with van der Waals surface area (Å²) in [5.74, 6) is -0.682. The largest absolute Gasteiger partial charge is 0.418 e. The first-order valence-corrected chi connectivity index (χ1v) is 7.55. The van der Waals surface area contributed by atoms with Gasteiger partial charge in [-0.15, -0.1) is 0 Å². The van der Waals surface area contributed by atoms with Crippen molar-refractivity contribution in [3.05, 3.63) is 46.2 Å². The summed E-state index contributed by atoms with van der Waals surface area (Å²) in [6.45, 7) is 1.47. The maximum absolute atomic E-state index is 12.9. The molecule has 0 aliphatic rings. The van der Waals surface area contributed by atoms with Crippen molar-refractivity contribution in [2.45, 2.75) is 23.5 Å². The lowest BCUT2D eigenvalue weighted by Crippen LogP contribution is -2.25. The molecule has 1 aromatic carbocycles. The van der Waals surface area contributed by atoms with E-state index in [2.05, 4.69) is 15.3 Å². The van der Waals surface area contributed by atoms with E-state index in [0.29, 0.717) is 0 Å². The molecular formula is C14H13F3N4O2S. The zero-order chi connectivity index (χ0) is 17.9. The summed E-state index contributed by atoms with van der Waals surface area (Å²) in [5, 5.41) is 1.53. The molecule has 1 aromatic heterocycles. The van der Waals surface area contributed by atoms with Crippen LogP contribution < -0.4 is 16.6 Å². The van der Waals surface area contributed by atoms with E-state index in [1.54, 1.807) is 0 Å². The predicted octanol–water partition coefficient (Wildman–Crippen LogP) is 2.49. The molecule has 1 heterocycles. The molecule has 0 saturated carbocycles. The number of para-hydroxylation sites is 1. The molecule has 128 valence electrons. The molecule has 2 aromatic rings. The number of nitrogen functional groups attached to an aromatic ring is 1. The molecule has 0 aliphatic carbocycles. The molecule has 0 aliphatic heterocycles. The summed E-state index contributed by atoms with van der Waals surface area (Å²) in [4.78, 5) is 29.6. The molecule has 0 spiro atoms. The Morgan fingerprint density at radius 2 is 2.04 bits per heavy atom. The molecule has 1 amide bonds. The van der Waals surface area contributed by atoms with Crippen molar-refractivity contribution in [2.24, 2.45) is 0 Å². The third-order valence-electron chi connectivity index (χ3n) is 2.89. The van der Waals surface area contributed by atoms with E-state index in [1.807, 2.05) is 0 Å². The minimum Gasteiger partial charge on any atom is -0.383 e. The first-order chi connectivity index (χ1) is 11.2. The molecular weight excluding hydrogens is 345 g/mol. The Kier molecular flexibility index (Phi) is 5.17. The van der Waals surface area contributed by atoms with E-state index in [-0.39, 0.29) is 16.7 Å². The van der Waals surface area contributed by atoms with Gasteiger partial charge in [-0.1, -0.05) is 23.9 Å². The van der Waals surface area contributed by atoms with Crippen molar-refractivity contribution >= 4 is 29.2 Å². The monoisotopic (exact) mass is 358 g/mol. The maximum atomic E-state index is 12.9. The van der Waals surface area contributed by atoms with E-state index >= 15 is 0 Å². The zero-order valence-electron chi connectivity index (χ0n) is 12.3. The highest BCUT2D eigenvalue weighted by molar-refractivity contribution is 8.00. The third kappa shape index (κ3) is 4.51. The topological polar surface area (TPSA) is 101 Å². The molecule has 1 atom stereocenters. The lowest BCUT2D eigenvalue weighted by Gasteiger charge is -2.15. The number of halogens is 3. The number of carbonyl (C=O) groups is 1. The number of aromatic nitrogens is 2. The minimum absolute atomic E-state index is 0.0173. The van der Waals surface area contributed by atoms with Gasteiger partial charge in [-0.3, -0.25) is 9.59 Å². The van der Waals surface area contributed by atoms with Crippen LogP contribution in [0.4, 0.5) is 24.7 Å². The number of anilines is 2. The number of alkyl halides is 3. The lowest BCUT2D eigenvalue weighted by atomic mass is 10.1. The van der Waals surface area contributed by atoms with E-state index in [1.165, 1.54) is 25.1 Å². The molecule has 0 fully saturated rings. The number of hydrogen-bond acceptors (Lipinski definition) is 5. The summed E-state index contributed by atoms with van der Waals surface area (Å²) in [6, 6.07) is 5.75. The number of nitrogens with two attached hydrogens (primary N) is 1. The Bertz CT molecular complexity index is 807. The SMILES string of the molecule is C[C@H](Sc1nc(N)cc(=O)[nH]1)C(=O)Nc1ccccc1C(F)(F)F. The van der Waals surface area contributed by atoms with Gasteiger partial charge in [0.2, 0.25) is 5.91 Å². The number of rotatable bonds is 4. The van der Waals surface area contributed by atoms with Gasteiger partial charge in [-0.05, 0) is 19.1 Å². The van der Waals surface area contributed by atoms with E-state index in [0.717, 1.165) is 23.9 Å². The molecule has 0 bridgehead atoms. The fraction of sp³-hybridized carbons (Fsp3) is 0.214. The second-order valence-corrected chi connectivity index (χ2v) is 6.10. The van der Waals surface area contributed by atoms with E-state index in [4.69, 9.17) is 5.73 Å². The second kappa shape index (κ2) is 6.95. The normalized spacial score (nSPS) is 12.7. The Morgan fingerprint density at radius 3 is 2.67 bits per heavy atom. The van der Waals surface area contributed by atoms with Crippen LogP contribution in [0.2, 0.25) is 0 Å². The van der Waals surface area contributed by atoms with Crippen LogP contribution in [0, 0.1) is 0 Å². The molecule has 6 nitrogen and oxygen atoms in total. The number of H-pyrrole nitrogens is 1. The van der Waals surface area contributed by atoms with Crippen molar-refractivity contribution in [1.29, 1.82) is 0 Å². The van der Waals surface area contributed by atoms with Gasteiger partial charge in [0.25, 0.3) is 5.56 Å². The smallest absolute Gasteiger partial charge is 0.383 e. The van der Waals surface area contributed by atoms with Crippen LogP contribution in [0.1, 0.15) is 12.5 Å². The van der Waals surface area contributed by atoms with Crippen molar-refractivity contribution in [1.82, 2.24) is 9.97 Å². The van der Waals surface area contributed by atoms with Crippen LogP contribution in [0.5, 0.6) is 0 Å². The van der Waals surface area contributed by atoms with Crippen LogP contribution in [-0.4, -0.2) is 21.1 Å². The fourth-order valence-electron chi connectivity index (χ4n) is 1.80. The summed E-state index contributed by atoms with van der Waals surface area (Å²) in [5.41, 5.74) is 3.67. The zero-order valence-corrected chi connectivity index (χ0v) is 13.2. The quantitative estimate of drug-likeness (QED) is 0.576. The average molecular weight is 358 g/mol. The van der Waals surface area contributed by atoms with Gasteiger partial charge in [0.05, 0.1) is 16.5 Å². The van der Waals surface area contributed by atoms with Gasteiger partial charge in [0.15, 0.2) is 5.16 Å². The summed E-state index contributed by atoms with van der Waals surface area (Å²) in [7, 11) is 0. The fourth-order valence-corrected chi connectivity index (χ4v) is 2.62. The van der Waals surface area contributed by atoms with Crippen LogP contribution in [0.25, 0.3) is 0 Å². The van der Waals surface area contributed by atoms with Gasteiger partial charge in [-0.25, -0.2) is 4.98 Å². The van der Waals surface area contributed by atoms with Gasteiger partial charge in [0, 0.05) is 6.07 Å². The van der Waals surface area contributed by atoms with Gasteiger partial charge >= 0.3 is 6.18 Å². The Balaban J connectivity index is 2.14. The van der Waals surface area contributed by atoms with Crippen molar-refractivity contribution < 1.29 is 18.0 Å². The second-order valence-electron chi connectivity index (χ2n) is 4.77. The van der Waals surface area contributed by atoms with Gasteiger partial charge < -0.3 is 16.0 Å². The number of amides is 1. The number of carbonyl (C=O) groups excluding carboxylic acids is 1. The van der Waals surface area contributed by atoms with Crippen LogP contribution >= 0.6 is 11.8 Å². The standard InChI is InChI=1S/C14H13F3N4O2S/c1-7(24-13-20-10(18)6-11(22)21-13)12(23)19-9-5-3-2-4-8(9)14(15,16)17/h2-7H,1H3,(H,19,23)(H3,18,20,21,22)/t7-/m0/s1.